The van der Waals surface area contributed by atoms with Gasteiger partial charge in [0.25, 0.3) is 0 Å². The molecule has 3 nitrogen and oxygen atoms in total. The fourth-order valence-corrected chi connectivity index (χ4v) is 2.77. The largest absolute Gasteiger partial charge is 0.457 e. The van der Waals surface area contributed by atoms with Gasteiger partial charge in [0, 0.05) is 11.1 Å². The van der Waals surface area contributed by atoms with Crippen LogP contribution in [0.4, 0.5) is 0 Å². The van der Waals surface area contributed by atoms with E-state index in [1.165, 1.54) is 11.1 Å². The van der Waals surface area contributed by atoms with Crippen molar-refractivity contribution in [3.05, 3.63) is 59.7 Å². The Morgan fingerprint density at radius 3 is 2.19 bits per heavy atom. The highest BCUT2D eigenvalue weighted by Gasteiger charge is 2.25. The van der Waals surface area contributed by atoms with Crippen LogP contribution in [0.2, 0.25) is 0 Å². The molecule has 0 aromatic heterocycles. The Morgan fingerprint density at radius 2 is 1.62 bits per heavy atom. The first-order valence-electron chi connectivity index (χ1n) is 7.53. The molecule has 0 amide bonds. The molecule has 0 saturated heterocycles. The second-order valence-electron chi connectivity index (χ2n) is 5.56. The zero-order valence-electron chi connectivity index (χ0n) is 12.3. The van der Waals surface area contributed by atoms with Crippen LogP contribution in [0.15, 0.2) is 48.5 Å². The topological polar surface area (TPSA) is 41.5 Å². The monoisotopic (exact) mass is 283 g/mol. The Morgan fingerprint density at radius 1 is 1.05 bits per heavy atom. The van der Waals surface area contributed by atoms with Crippen molar-refractivity contribution in [1.29, 1.82) is 0 Å². The average Bonchev–Trinajstić information content (AvgIpc) is 2.50. The summed E-state index contributed by atoms with van der Waals surface area (Å²) in [5, 5.41) is 13.0. The van der Waals surface area contributed by atoms with Crippen molar-refractivity contribution in [2.45, 2.75) is 31.9 Å². The molecule has 2 aromatic rings. The molecule has 0 fully saturated rings. The molecule has 1 heterocycles. The maximum atomic E-state index is 9.36. The molecular formula is C18H21NO2. The van der Waals surface area contributed by atoms with Crippen molar-refractivity contribution in [1.82, 2.24) is 5.32 Å². The molecule has 1 aliphatic rings. The number of aliphatic hydroxyl groups excluding tert-OH is 1. The predicted octanol–water partition coefficient (Wildman–Crippen LogP) is 3.63. The summed E-state index contributed by atoms with van der Waals surface area (Å²) in [4.78, 5) is 0. The maximum absolute atomic E-state index is 9.36. The van der Waals surface area contributed by atoms with Gasteiger partial charge in [-0.1, -0.05) is 36.4 Å². The third kappa shape index (κ3) is 3.09. The van der Waals surface area contributed by atoms with Crippen LogP contribution in [0.5, 0.6) is 11.5 Å². The van der Waals surface area contributed by atoms with E-state index >= 15 is 0 Å². The summed E-state index contributed by atoms with van der Waals surface area (Å²) in [6.07, 6.45) is 1.54. The molecule has 1 unspecified atom stereocenters. The first-order valence-corrected chi connectivity index (χ1v) is 7.53. The predicted molar refractivity (Wildman–Crippen MR) is 83.7 cm³/mol. The van der Waals surface area contributed by atoms with E-state index in [0.717, 1.165) is 30.9 Å². The summed E-state index contributed by atoms with van der Waals surface area (Å²) >= 11 is 0. The normalized spacial score (nSPS) is 15.0. The van der Waals surface area contributed by atoms with E-state index in [1.54, 1.807) is 0 Å². The summed E-state index contributed by atoms with van der Waals surface area (Å²) in [7, 11) is 0. The molecule has 1 aliphatic heterocycles. The molecule has 3 rings (SSSR count). The van der Waals surface area contributed by atoms with E-state index in [1.807, 2.05) is 43.3 Å². The number of ether oxygens (including phenoxy) is 1. The highest BCUT2D eigenvalue weighted by atomic mass is 16.5. The highest BCUT2D eigenvalue weighted by Crippen LogP contribution is 2.42. The van der Waals surface area contributed by atoms with Crippen LogP contribution in [0, 0.1) is 0 Å². The van der Waals surface area contributed by atoms with Gasteiger partial charge in [-0.15, -0.1) is 0 Å². The number of nitrogens with one attached hydrogen (secondary N) is 1. The lowest BCUT2D eigenvalue weighted by atomic mass is 9.94. The lowest BCUT2D eigenvalue weighted by Gasteiger charge is -2.29. The van der Waals surface area contributed by atoms with Gasteiger partial charge >= 0.3 is 0 Å². The molecule has 2 aromatic carbocycles. The van der Waals surface area contributed by atoms with Gasteiger partial charge in [-0.2, -0.15) is 0 Å². The standard InChI is InChI=1S/C18H21NO2/c1-13(20)7-6-12-19-18-14-8-2-4-10-16(14)21-17-11-5-3-9-15(17)18/h2-5,8-11,13,18-20H,6-7,12H2,1H3. The van der Waals surface area contributed by atoms with Gasteiger partial charge in [0.1, 0.15) is 11.5 Å². The van der Waals surface area contributed by atoms with Crippen LogP contribution in [0.25, 0.3) is 0 Å². The zero-order valence-corrected chi connectivity index (χ0v) is 12.3. The maximum Gasteiger partial charge on any atom is 0.132 e. The smallest absolute Gasteiger partial charge is 0.132 e. The fraction of sp³-hybridized carbons (Fsp3) is 0.333. The summed E-state index contributed by atoms with van der Waals surface area (Å²) in [5.74, 6) is 1.84. The number of rotatable bonds is 5. The number of hydrogen-bond donors (Lipinski definition) is 2. The van der Waals surface area contributed by atoms with Crippen LogP contribution < -0.4 is 10.1 Å². The van der Waals surface area contributed by atoms with E-state index in [-0.39, 0.29) is 12.1 Å². The number of fused-ring (bicyclic) bond motifs is 2. The zero-order chi connectivity index (χ0) is 14.7. The second-order valence-corrected chi connectivity index (χ2v) is 5.56. The first-order chi connectivity index (χ1) is 10.3. The minimum absolute atomic E-state index is 0.153. The van der Waals surface area contributed by atoms with Gasteiger partial charge < -0.3 is 15.2 Å². The van der Waals surface area contributed by atoms with Crippen molar-refractivity contribution >= 4 is 0 Å². The van der Waals surface area contributed by atoms with E-state index in [9.17, 15) is 5.11 Å². The molecule has 0 spiro atoms. The molecule has 0 bridgehead atoms. The van der Waals surface area contributed by atoms with Crippen LogP contribution in [-0.4, -0.2) is 17.8 Å². The van der Waals surface area contributed by atoms with Gasteiger partial charge in [0.15, 0.2) is 0 Å². The molecule has 1 atom stereocenters. The van der Waals surface area contributed by atoms with Crippen LogP contribution in [0.3, 0.4) is 0 Å². The Hall–Kier alpha value is -1.84. The number of hydrogen-bond acceptors (Lipinski definition) is 3. The lowest BCUT2D eigenvalue weighted by molar-refractivity contribution is 0.181. The molecule has 0 saturated carbocycles. The summed E-state index contributed by atoms with van der Waals surface area (Å²) < 4.78 is 5.97. The molecule has 110 valence electrons. The number of aliphatic hydroxyl groups is 1. The second kappa shape index (κ2) is 6.29. The Kier molecular flexibility index (Phi) is 4.23. The molecule has 0 radical (unpaired) electrons. The Labute approximate surface area is 125 Å². The molecule has 3 heteroatoms. The van der Waals surface area contributed by atoms with Gasteiger partial charge in [-0.25, -0.2) is 0 Å². The summed E-state index contributed by atoms with van der Waals surface area (Å²) in [6.45, 7) is 2.71. The minimum atomic E-state index is -0.235. The first kappa shape index (κ1) is 14.1. The fourth-order valence-electron chi connectivity index (χ4n) is 2.77. The van der Waals surface area contributed by atoms with Gasteiger partial charge in [0.2, 0.25) is 0 Å². The molecule has 21 heavy (non-hydrogen) atoms. The quantitative estimate of drug-likeness (QED) is 0.823. The third-order valence-electron chi connectivity index (χ3n) is 3.83. The summed E-state index contributed by atoms with van der Waals surface area (Å²) in [6, 6.07) is 16.5. The van der Waals surface area contributed by atoms with Crippen LogP contribution >= 0.6 is 0 Å². The third-order valence-corrected chi connectivity index (χ3v) is 3.83. The lowest BCUT2D eigenvalue weighted by Crippen LogP contribution is -2.26. The van der Waals surface area contributed by atoms with Gasteiger partial charge in [-0.3, -0.25) is 0 Å². The van der Waals surface area contributed by atoms with Crippen LogP contribution in [-0.2, 0) is 0 Å². The Bertz CT molecular complexity index is 564. The van der Waals surface area contributed by atoms with E-state index in [2.05, 4.69) is 17.4 Å². The van der Waals surface area contributed by atoms with Crippen molar-refractivity contribution < 1.29 is 9.84 Å². The molecule has 2 N–H and O–H groups in total. The van der Waals surface area contributed by atoms with Crippen molar-refractivity contribution in [3.63, 3.8) is 0 Å². The molecule has 0 aliphatic carbocycles. The van der Waals surface area contributed by atoms with Crippen molar-refractivity contribution in [2.24, 2.45) is 0 Å². The minimum Gasteiger partial charge on any atom is -0.457 e. The van der Waals surface area contributed by atoms with E-state index < -0.39 is 0 Å². The van der Waals surface area contributed by atoms with Gasteiger partial charge in [0.05, 0.1) is 12.1 Å². The van der Waals surface area contributed by atoms with Gasteiger partial charge in [-0.05, 0) is 38.4 Å². The SMILES string of the molecule is CC(O)CCCNC1c2ccccc2Oc2ccccc21. The highest BCUT2D eigenvalue weighted by molar-refractivity contribution is 5.52. The van der Waals surface area contributed by atoms with Crippen molar-refractivity contribution in [2.75, 3.05) is 6.54 Å². The van der Waals surface area contributed by atoms with E-state index in [4.69, 9.17) is 4.74 Å². The van der Waals surface area contributed by atoms with E-state index in [0.29, 0.717) is 0 Å². The van der Waals surface area contributed by atoms with Crippen molar-refractivity contribution in [3.8, 4) is 11.5 Å². The Balaban J connectivity index is 1.81. The average molecular weight is 283 g/mol. The molecular weight excluding hydrogens is 262 g/mol. The van der Waals surface area contributed by atoms with Crippen LogP contribution in [0.1, 0.15) is 36.9 Å². The summed E-state index contributed by atoms with van der Waals surface area (Å²) in [5.41, 5.74) is 2.35. The number of para-hydroxylation sites is 2. The number of benzene rings is 2.